The highest BCUT2D eigenvalue weighted by molar-refractivity contribution is 5.95. The third-order valence-corrected chi connectivity index (χ3v) is 4.91. The van der Waals surface area contributed by atoms with Crippen molar-refractivity contribution >= 4 is 35.6 Å². The van der Waals surface area contributed by atoms with E-state index in [0.717, 1.165) is 4.90 Å². The highest BCUT2D eigenvalue weighted by Crippen LogP contribution is 2.20. The van der Waals surface area contributed by atoms with Crippen LogP contribution in [-0.2, 0) is 28.8 Å². The molecule has 0 aromatic carbocycles. The van der Waals surface area contributed by atoms with Gasteiger partial charge in [0.15, 0.2) is 6.04 Å². The first-order valence-corrected chi connectivity index (χ1v) is 9.92. The molecule has 0 saturated carbocycles. The average Bonchev–Trinajstić information content (AvgIpc) is 3.17. The summed E-state index contributed by atoms with van der Waals surface area (Å²) < 4.78 is 0. The Morgan fingerprint density at radius 2 is 1.75 bits per heavy atom. The number of nitrogens with two attached hydrogens (primary N) is 2. The molecule has 0 aromatic rings. The number of hydrogen-bond acceptors (Lipinski definition) is 8. The van der Waals surface area contributed by atoms with Gasteiger partial charge in [-0.3, -0.25) is 24.0 Å². The van der Waals surface area contributed by atoms with E-state index in [-0.39, 0.29) is 25.8 Å². The third-order valence-electron chi connectivity index (χ3n) is 4.91. The Morgan fingerprint density at radius 1 is 1.12 bits per heavy atom. The molecule has 1 aliphatic heterocycles. The number of aliphatic hydroxyl groups excluding tert-OH is 1. The first-order valence-electron chi connectivity index (χ1n) is 9.92. The Hall–Kier alpha value is -3.26. The number of aliphatic hydroxyl groups is 1. The van der Waals surface area contributed by atoms with Gasteiger partial charge in [-0.05, 0) is 26.2 Å². The summed E-state index contributed by atoms with van der Waals surface area (Å²) in [7, 11) is 0. The minimum Gasteiger partial charge on any atom is -0.481 e. The molecule has 0 aliphatic carbocycles. The molecule has 0 aromatic heterocycles. The summed E-state index contributed by atoms with van der Waals surface area (Å²) in [4.78, 5) is 72.1. The second-order valence-electron chi connectivity index (χ2n) is 7.53. The van der Waals surface area contributed by atoms with Gasteiger partial charge in [-0.1, -0.05) is 0 Å². The van der Waals surface area contributed by atoms with Crippen LogP contribution in [-0.4, -0.2) is 92.6 Å². The Bertz CT molecular complexity index is 757. The van der Waals surface area contributed by atoms with Gasteiger partial charge in [0.25, 0.3) is 0 Å². The molecular formula is C18H29N5O9. The molecule has 0 spiro atoms. The Kier molecular flexibility index (Phi) is 10.00. The van der Waals surface area contributed by atoms with E-state index in [9.17, 15) is 33.9 Å². The lowest BCUT2D eigenvalue weighted by molar-refractivity contribution is -0.147. The topological polar surface area (TPSA) is 242 Å². The number of carboxylic acids is 2. The summed E-state index contributed by atoms with van der Waals surface area (Å²) in [6.07, 6.45) is -1.95. The second kappa shape index (κ2) is 12.0. The number of primary amides is 1. The largest absolute Gasteiger partial charge is 0.481 e. The van der Waals surface area contributed by atoms with Gasteiger partial charge in [0.2, 0.25) is 23.6 Å². The van der Waals surface area contributed by atoms with Crippen molar-refractivity contribution in [2.45, 2.75) is 69.3 Å². The lowest BCUT2D eigenvalue weighted by Gasteiger charge is -2.30. The molecule has 1 saturated heterocycles. The van der Waals surface area contributed by atoms with Crippen molar-refractivity contribution in [3.63, 3.8) is 0 Å². The normalized spacial score (nSPS) is 19.3. The molecule has 9 N–H and O–H groups in total. The lowest BCUT2D eigenvalue weighted by Crippen LogP contribution is -2.58. The summed E-state index contributed by atoms with van der Waals surface area (Å²) in [6, 6.07) is -5.41. The first kappa shape index (κ1) is 26.8. The molecule has 32 heavy (non-hydrogen) atoms. The van der Waals surface area contributed by atoms with Crippen LogP contribution in [0, 0.1) is 0 Å². The van der Waals surface area contributed by atoms with Gasteiger partial charge in [0.1, 0.15) is 12.1 Å². The van der Waals surface area contributed by atoms with Crippen molar-refractivity contribution in [2.24, 2.45) is 11.5 Å². The SMILES string of the molecule is CC(O)C(NC(=O)C1CCCN1C(=O)C(CCC(N)=O)NC(=O)C(N)CC(=O)O)C(=O)O. The van der Waals surface area contributed by atoms with Crippen LogP contribution in [0.4, 0.5) is 0 Å². The predicted molar refractivity (Wildman–Crippen MR) is 107 cm³/mol. The van der Waals surface area contributed by atoms with Crippen molar-refractivity contribution in [1.29, 1.82) is 0 Å². The maximum absolute atomic E-state index is 13.1. The quantitative estimate of drug-likeness (QED) is 0.152. The van der Waals surface area contributed by atoms with Gasteiger partial charge in [-0.2, -0.15) is 0 Å². The smallest absolute Gasteiger partial charge is 0.328 e. The van der Waals surface area contributed by atoms with E-state index in [1.807, 2.05) is 0 Å². The molecule has 5 atom stereocenters. The van der Waals surface area contributed by atoms with Crippen molar-refractivity contribution in [3.05, 3.63) is 0 Å². The zero-order chi connectivity index (χ0) is 24.6. The second-order valence-corrected chi connectivity index (χ2v) is 7.53. The van der Waals surface area contributed by atoms with E-state index in [1.54, 1.807) is 0 Å². The van der Waals surface area contributed by atoms with E-state index in [0.29, 0.717) is 6.42 Å². The van der Waals surface area contributed by atoms with Crippen LogP contribution in [0.25, 0.3) is 0 Å². The van der Waals surface area contributed by atoms with Gasteiger partial charge < -0.3 is 42.3 Å². The number of hydrogen-bond donors (Lipinski definition) is 7. The molecular weight excluding hydrogens is 430 g/mol. The van der Waals surface area contributed by atoms with Crippen LogP contribution < -0.4 is 22.1 Å². The van der Waals surface area contributed by atoms with Gasteiger partial charge in [0, 0.05) is 13.0 Å². The lowest BCUT2D eigenvalue weighted by atomic mass is 10.1. The molecule has 1 rings (SSSR count). The van der Waals surface area contributed by atoms with Crippen LogP contribution in [0.3, 0.4) is 0 Å². The number of carbonyl (C=O) groups excluding carboxylic acids is 4. The third kappa shape index (κ3) is 7.77. The van der Waals surface area contributed by atoms with Crippen molar-refractivity contribution in [2.75, 3.05) is 6.54 Å². The van der Waals surface area contributed by atoms with E-state index in [1.165, 1.54) is 6.92 Å². The van der Waals surface area contributed by atoms with Gasteiger partial charge in [-0.15, -0.1) is 0 Å². The predicted octanol–water partition coefficient (Wildman–Crippen LogP) is -3.52. The average molecular weight is 459 g/mol. The molecule has 1 aliphatic rings. The van der Waals surface area contributed by atoms with Crippen LogP contribution in [0.1, 0.15) is 39.0 Å². The number of nitrogens with one attached hydrogen (secondary N) is 2. The van der Waals surface area contributed by atoms with E-state index in [2.05, 4.69) is 10.6 Å². The number of aliphatic carboxylic acids is 2. The first-order chi connectivity index (χ1) is 14.8. The zero-order valence-corrected chi connectivity index (χ0v) is 17.5. The Balaban J connectivity index is 2.99. The Labute approximate surface area is 183 Å². The minimum atomic E-state index is -1.58. The molecule has 4 amide bonds. The number of nitrogens with zero attached hydrogens (tertiary/aromatic N) is 1. The monoisotopic (exact) mass is 459 g/mol. The molecule has 0 radical (unpaired) electrons. The highest BCUT2D eigenvalue weighted by Gasteiger charge is 2.39. The number of amides is 4. The standard InChI is InChI=1S/C18H29N5O9/c1-8(24)14(18(31)32)22-16(29)11-3-2-6-23(11)17(30)10(4-5-12(20)25)21-15(28)9(19)7-13(26)27/h8-11,14,24H,2-7,19H2,1H3,(H2,20,25)(H,21,28)(H,22,29)(H,26,27)(H,31,32). The van der Waals surface area contributed by atoms with Gasteiger partial charge in [-0.25, -0.2) is 4.79 Å². The highest BCUT2D eigenvalue weighted by atomic mass is 16.4. The Morgan fingerprint density at radius 3 is 2.25 bits per heavy atom. The van der Waals surface area contributed by atoms with Gasteiger partial charge >= 0.3 is 11.9 Å². The molecule has 5 unspecified atom stereocenters. The number of rotatable bonds is 12. The van der Waals surface area contributed by atoms with Gasteiger partial charge in [0.05, 0.1) is 18.6 Å². The summed E-state index contributed by atoms with van der Waals surface area (Å²) in [6.45, 7) is 1.31. The number of carbonyl (C=O) groups is 6. The van der Waals surface area contributed by atoms with E-state index >= 15 is 0 Å². The van der Waals surface area contributed by atoms with Crippen molar-refractivity contribution in [3.8, 4) is 0 Å². The number of carboxylic acid groups (broad SMARTS) is 2. The van der Waals surface area contributed by atoms with Crippen LogP contribution in [0.15, 0.2) is 0 Å². The maximum atomic E-state index is 13.1. The molecule has 180 valence electrons. The van der Waals surface area contributed by atoms with Crippen LogP contribution >= 0.6 is 0 Å². The summed E-state index contributed by atoms with van der Waals surface area (Å²) in [5.41, 5.74) is 10.6. The molecule has 1 fully saturated rings. The van der Waals surface area contributed by atoms with Crippen molar-refractivity contribution in [1.82, 2.24) is 15.5 Å². The summed E-state index contributed by atoms with van der Waals surface area (Å²) >= 11 is 0. The minimum absolute atomic E-state index is 0.119. The molecule has 14 heteroatoms. The van der Waals surface area contributed by atoms with Crippen molar-refractivity contribution < 1.29 is 44.1 Å². The zero-order valence-electron chi connectivity index (χ0n) is 17.5. The fraction of sp³-hybridized carbons (Fsp3) is 0.667. The van der Waals surface area contributed by atoms with E-state index in [4.69, 9.17) is 21.7 Å². The van der Waals surface area contributed by atoms with Crippen LogP contribution in [0.2, 0.25) is 0 Å². The number of likely N-dealkylation sites (tertiary alicyclic amines) is 1. The summed E-state index contributed by atoms with van der Waals surface area (Å²) in [5, 5.41) is 31.9. The summed E-state index contributed by atoms with van der Waals surface area (Å²) in [5.74, 6) is -5.99. The van der Waals surface area contributed by atoms with E-state index < -0.39 is 72.3 Å². The molecule has 0 bridgehead atoms. The maximum Gasteiger partial charge on any atom is 0.328 e. The fourth-order valence-electron chi connectivity index (χ4n) is 3.24. The fourth-order valence-corrected chi connectivity index (χ4v) is 3.24. The van der Waals surface area contributed by atoms with Crippen LogP contribution in [0.5, 0.6) is 0 Å². The molecule has 14 nitrogen and oxygen atoms in total. The molecule has 1 heterocycles.